The Morgan fingerprint density at radius 3 is 3.08 bits per heavy atom. The minimum absolute atomic E-state index is 0.267. The zero-order chi connectivity index (χ0) is 8.55. The number of phenolic OH excluding ortho intramolecular Hbond substituents is 1. The van der Waals surface area contributed by atoms with Gasteiger partial charge in [0.2, 0.25) is 0 Å². The van der Waals surface area contributed by atoms with E-state index in [1.807, 2.05) is 0 Å². The Labute approximate surface area is 70.7 Å². The SMILES string of the molecule is Oc1ccc2c(c1)CCNC2O. The van der Waals surface area contributed by atoms with Crippen molar-refractivity contribution in [3.05, 3.63) is 29.3 Å². The fourth-order valence-electron chi connectivity index (χ4n) is 1.53. The van der Waals surface area contributed by atoms with Gasteiger partial charge in [0.1, 0.15) is 12.0 Å². The van der Waals surface area contributed by atoms with Gasteiger partial charge < -0.3 is 10.2 Å². The van der Waals surface area contributed by atoms with Gasteiger partial charge in [0, 0.05) is 6.54 Å². The van der Waals surface area contributed by atoms with Gasteiger partial charge in [-0.2, -0.15) is 0 Å². The largest absolute Gasteiger partial charge is 0.508 e. The van der Waals surface area contributed by atoms with Gasteiger partial charge in [0.15, 0.2) is 0 Å². The first kappa shape index (κ1) is 7.58. The summed E-state index contributed by atoms with van der Waals surface area (Å²) in [5.74, 6) is 0.267. The minimum atomic E-state index is -0.575. The average Bonchev–Trinajstić information content (AvgIpc) is 2.04. The van der Waals surface area contributed by atoms with Crippen LogP contribution in [0, 0.1) is 0 Å². The van der Waals surface area contributed by atoms with Crippen LogP contribution in [0.3, 0.4) is 0 Å². The van der Waals surface area contributed by atoms with Gasteiger partial charge >= 0.3 is 0 Å². The highest BCUT2D eigenvalue weighted by molar-refractivity contribution is 5.37. The number of benzene rings is 1. The van der Waals surface area contributed by atoms with E-state index in [0.717, 1.165) is 24.1 Å². The van der Waals surface area contributed by atoms with Crippen molar-refractivity contribution in [2.75, 3.05) is 6.54 Å². The highest BCUT2D eigenvalue weighted by Crippen LogP contribution is 2.24. The van der Waals surface area contributed by atoms with Gasteiger partial charge in [0.05, 0.1) is 0 Å². The number of aromatic hydroxyl groups is 1. The molecule has 1 aliphatic rings. The van der Waals surface area contributed by atoms with Crippen molar-refractivity contribution in [3.63, 3.8) is 0 Å². The fraction of sp³-hybridized carbons (Fsp3) is 0.333. The van der Waals surface area contributed by atoms with Crippen LogP contribution in [0.25, 0.3) is 0 Å². The topological polar surface area (TPSA) is 52.5 Å². The number of fused-ring (bicyclic) bond motifs is 1. The van der Waals surface area contributed by atoms with Gasteiger partial charge in [-0.05, 0) is 29.7 Å². The Bertz CT molecular complexity index is 299. The third kappa shape index (κ3) is 1.17. The Morgan fingerprint density at radius 2 is 2.25 bits per heavy atom. The Balaban J connectivity index is 2.46. The highest BCUT2D eigenvalue weighted by atomic mass is 16.3. The molecular formula is C9H11NO2. The molecule has 1 aromatic carbocycles. The smallest absolute Gasteiger partial charge is 0.131 e. The zero-order valence-electron chi connectivity index (χ0n) is 6.62. The van der Waals surface area contributed by atoms with Crippen molar-refractivity contribution in [2.24, 2.45) is 0 Å². The molecule has 0 radical (unpaired) electrons. The summed E-state index contributed by atoms with van der Waals surface area (Å²) in [6, 6.07) is 5.05. The van der Waals surface area contributed by atoms with Crippen molar-refractivity contribution >= 4 is 0 Å². The lowest BCUT2D eigenvalue weighted by Gasteiger charge is -2.22. The molecule has 12 heavy (non-hydrogen) atoms. The van der Waals surface area contributed by atoms with Crippen LogP contribution in [0.15, 0.2) is 18.2 Å². The van der Waals surface area contributed by atoms with Crippen LogP contribution in [-0.2, 0) is 6.42 Å². The number of phenols is 1. The zero-order valence-corrected chi connectivity index (χ0v) is 6.62. The van der Waals surface area contributed by atoms with Gasteiger partial charge in [-0.3, -0.25) is 5.32 Å². The first-order chi connectivity index (χ1) is 5.77. The average molecular weight is 165 g/mol. The molecule has 0 amide bonds. The van der Waals surface area contributed by atoms with E-state index >= 15 is 0 Å². The third-order valence-corrected chi connectivity index (χ3v) is 2.15. The second-order valence-electron chi connectivity index (χ2n) is 2.99. The molecule has 0 aromatic heterocycles. The highest BCUT2D eigenvalue weighted by Gasteiger charge is 2.16. The number of rotatable bonds is 0. The molecule has 1 aliphatic heterocycles. The predicted octanol–water partition coefficient (Wildman–Crippen LogP) is 0.529. The molecule has 0 saturated heterocycles. The molecule has 0 spiro atoms. The van der Waals surface area contributed by atoms with E-state index in [2.05, 4.69) is 5.32 Å². The number of hydrogen-bond acceptors (Lipinski definition) is 3. The lowest BCUT2D eigenvalue weighted by molar-refractivity contribution is 0.132. The summed E-state index contributed by atoms with van der Waals surface area (Å²) in [7, 11) is 0. The van der Waals surface area contributed by atoms with Crippen LogP contribution >= 0.6 is 0 Å². The summed E-state index contributed by atoms with van der Waals surface area (Å²) >= 11 is 0. The molecule has 64 valence electrons. The maximum atomic E-state index is 9.46. The molecule has 0 bridgehead atoms. The van der Waals surface area contributed by atoms with Crippen molar-refractivity contribution in [1.82, 2.24) is 5.32 Å². The molecular weight excluding hydrogens is 154 g/mol. The van der Waals surface area contributed by atoms with Crippen LogP contribution in [0.1, 0.15) is 17.4 Å². The molecule has 0 aliphatic carbocycles. The summed E-state index contributed by atoms with van der Waals surface area (Å²) in [5.41, 5.74) is 1.90. The molecule has 0 saturated carbocycles. The summed E-state index contributed by atoms with van der Waals surface area (Å²) in [5, 5.41) is 21.6. The molecule has 1 heterocycles. The van der Waals surface area contributed by atoms with Crippen LogP contribution in [-0.4, -0.2) is 16.8 Å². The molecule has 3 nitrogen and oxygen atoms in total. The van der Waals surface area contributed by atoms with Gasteiger partial charge in [-0.1, -0.05) is 6.07 Å². The number of nitrogens with one attached hydrogen (secondary N) is 1. The first-order valence-corrected chi connectivity index (χ1v) is 4.00. The number of aliphatic hydroxyl groups is 1. The standard InChI is InChI=1S/C9H11NO2/c11-7-1-2-8-6(5-7)3-4-10-9(8)12/h1-2,5,9-12H,3-4H2. The molecule has 3 N–H and O–H groups in total. The van der Waals surface area contributed by atoms with E-state index in [-0.39, 0.29) is 5.75 Å². The first-order valence-electron chi connectivity index (χ1n) is 4.00. The Hall–Kier alpha value is -1.06. The van der Waals surface area contributed by atoms with E-state index < -0.39 is 6.23 Å². The van der Waals surface area contributed by atoms with Gasteiger partial charge in [0.25, 0.3) is 0 Å². The minimum Gasteiger partial charge on any atom is -0.508 e. The van der Waals surface area contributed by atoms with Crippen molar-refractivity contribution in [3.8, 4) is 5.75 Å². The summed E-state index contributed by atoms with van der Waals surface area (Å²) < 4.78 is 0. The molecule has 1 unspecified atom stereocenters. The van der Waals surface area contributed by atoms with E-state index in [1.165, 1.54) is 0 Å². The maximum absolute atomic E-state index is 9.46. The summed E-state index contributed by atoms with van der Waals surface area (Å²) in [6.07, 6.45) is 0.287. The van der Waals surface area contributed by atoms with Crippen molar-refractivity contribution in [1.29, 1.82) is 0 Å². The van der Waals surface area contributed by atoms with Gasteiger partial charge in [-0.25, -0.2) is 0 Å². The monoisotopic (exact) mass is 165 g/mol. The van der Waals surface area contributed by atoms with E-state index in [0.29, 0.717) is 0 Å². The fourth-order valence-corrected chi connectivity index (χ4v) is 1.53. The predicted molar refractivity (Wildman–Crippen MR) is 44.8 cm³/mol. The van der Waals surface area contributed by atoms with Crippen molar-refractivity contribution < 1.29 is 10.2 Å². The lowest BCUT2D eigenvalue weighted by atomic mass is 9.99. The molecule has 3 heteroatoms. The van der Waals surface area contributed by atoms with Crippen LogP contribution in [0.5, 0.6) is 5.75 Å². The number of hydrogen-bond donors (Lipinski definition) is 3. The normalized spacial score (nSPS) is 21.9. The quantitative estimate of drug-likeness (QED) is 0.525. The second kappa shape index (κ2) is 2.77. The van der Waals surface area contributed by atoms with E-state index in [1.54, 1.807) is 18.2 Å². The second-order valence-corrected chi connectivity index (χ2v) is 2.99. The summed E-state index contributed by atoms with van der Waals surface area (Å²) in [6.45, 7) is 0.762. The maximum Gasteiger partial charge on any atom is 0.131 e. The number of aliphatic hydroxyl groups excluding tert-OH is 1. The van der Waals surface area contributed by atoms with Crippen molar-refractivity contribution in [2.45, 2.75) is 12.6 Å². The molecule has 1 aromatic rings. The van der Waals surface area contributed by atoms with E-state index in [4.69, 9.17) is 0 Å². The van der Waals surface area contributed by atoms with Crippen LogP contribution in [0.2, 0.25) is 0 Å². The molecule has 2 rings (SSSR count). The Morgan fingerprint density at radius 1 is 1.42 bits per heavy atom. The van der Waals surface area contributed by atoms with E-state index in [9.17, 15) is 10.2 Å². The lowest BCUT2D eigenvalue weighted by Crippen LogP contribution is -2.29. The molecule has 0 fully saturated rings. The summed E-state index contributed by atoms with van der Waals surface area (Å²) in [4.78, 5) is 0. The van der Waals surface area contributed by atoms with Gasteiger partial charge in [-0.15, -0.1) is 0 Å². The third-order valence-electron chi connectivity index (χ3n) is 2.15. The molecule has 1 atom stereocenters. The van der Waals surface area contributed by atoms with Crippen LogP contribution < -0.4 is 5.32 Å². The Kier molecular flexibility index (Phi) is 1.75. The van der Waals surface area contributed by atoms with Crippen LogP contribution in [0.4, 0.5) is 0 Å².